The Morgan fingerprint density at radius 2 is 1.80 bits per heavy atom. The van der Waals surface area contributed by atoms with Gasteiger partial charge >= 0.3 is 19.1 Å². The first-order chi connectivity index (χ1) is 19.0. The third kappa shape index (κ3) is 8.09. The van der Waals surface area contributed by atoms with Gasteiger partial charge < -0.3 is 30.4 Å². The highest BCUT2D eigenvalue weighted by Crippen LogP contribution is 2.32. The van der Waals surface area contributed by atoms with Crippen LogP contribution in [0.1, 0.15) is 49.2 Å². The molecule has 0 radical (unpaired) electrons. The molecule has 1 aromatic carbocycles. The van der Waals surface area contributed by atoms with Gasteiger partial charge in [-0.05, 0) is 17.9 Å². The molecule has 3 atom stereocenters. The third-order valence-corrected chi connectivity index (χ3v) is 6.18. The minimum Gasteiger partial charge on any atom is -0.506 e. The molecule has 212 valence electrons. The molecule has 1 aliphatic rings. The number of nitrogens with zero attached hydrogens (tertiary/aromatic N) is 2. The van der Waals surface area contributed by atoms with E-state index in [1.54, 1.807) is 24.3 Å². The molecular weight excluding hydrogens is 521 g/mol. The zero-order chi connectivity index (χ0) is 29.3. The normalized spacial score (nSPS) is 18.0. The summed E-state index contributed by atoms with van der Waals surface area (Å²) in [5.41, 5.74) is -1.26. The summed E-state index contributed by atoms with van der Waals surface area (Å²) >= 11 is 0. The van der Waals surface area contributed by atoms with E-state index < -0.39 is 67.2 Å². The topological polar surface area (TPSA) is 186 Å². The van der Waals surface area contributed by atoms with Crippen LogP contribution in [0.5, 0.6) is 0 Å². The van der Waals surface area contributed by atoms with Crippen molar-refractivity contribution in [3.63, 3.8) is 0 Å². The molecule has 14 heteroatoms. The summed E-state index contributed by atoms with van der Waals surface area (Å²) in [5.74, 6) is -5.11. The quantitative estimate of drug-likeness (QED) is 0.251. The first-order valence-electron chi connectivity index (χ1n) is 12.8. The van der Waals surface area contributed by atoms with Crippen molar-refractivity contribution in [2.24, 2.45) is 5.92 Å². The number of aliphatic carboxylic acids is 1. The SMILES string of the molecule is CNC(=O)C[C@@]1(CC(=O)O)OB(C(CC(C)C)NC(=O)C(Cc2ccccc2)NC(=O)c2cnccn2)OC1=O. The maximum absolute atomic E-state index is 13.6. The highest BCUT2D eigenvalue weighted by atomic mass is 16.7. The van der Waals surface area contributed by atoms with Crippen LogP contribution in [0.25, 0.3) is 0 Å². The van der Waals surface area contributed by atoms with E-state index in [1.807, 2.05) is 19.9 Å². The molecule has 0 bridgehead atoms. The van der Waals surface area contributed by atoms with E-state index in [9.17, 15) is 29.1 Å². The van der Waals surface area contributed by atoms with Gasteiger partial charge in [0.2, 0.25) is 11.8 Å². The van der Waals surface area contributed by atoms with Gasteiger partial charge in [0.1, 0.15) is 11.7 Å². The summed E-state index contributed by atoms with van der Waals surface area (Å²) in [6.07, 6.45) is 3.09. The number of amides is 3. The minimum atomic E-state index is -2.06. The Kier molecular flexibility index (Phi) is 10.3. The van der Waals surface area contributed by atoms with Crippen LogP contribution in [0.3, 0.4) is 0 Å². The monoisotopic (exact) mass is 553 g/mol. The van der Waals surface area contributed by atoms with Gasteiger partial charge in [0.05, 0.1) is 25.0 Å². The van der Waals surface area contributed by atoms with Crippen LogP contribution in [0.2, 0.25) is 0 Å². The van der Waals surface area contributed by atoms with Gasteiger partial charge in [-0.1, -0.05) is 44.2 Å². The average Bonchev–Trinajstić information content (AvgIpc) is 3.22. The van der Waals surface area contributed by atoms with Crippen LogP contribution in [0.15, 0.2) is 48.9 Å². The Bertz CT molecular complexity index is 1220. The van der Waals surface area contributed by atoms with Gasteiger partial charge in [0.25, 0.3) is 5.91 Å². The fraction of sp³-hybridized carbons (Fsp3) is 0.423. The fourth-order valence-electron chi connectivity index (χ4n) is 4.29. The molecule has 0 aliphatic carbocycles. The van der Waals surface area contributed by atoms with Crippen molar-refractivity contribution >= 4 is 36.8 Å². The summed E-state index contributed by atoms with van der Waals surface area (Å²) in [6, 6.07) is 7.98. The van der Waals surface area contributed by atoms with Crippen LogP contribution in [0, 0.1) is 5.92 Å². The Balaban J connectivity index is 1.85. The van der Waals surface area contributed by atoms with Gasteiger partial charge in [-0.2, -0.15) is 0 Å². The molecule has 2 aromatic rings. The Morgan fingerprint density at radius 3 is 2.40 bits per heavy atom. The lowest BCUT2D eigenvalue weighted by molar-refractivity contribution is -0.154. The van der Waals surface area contributed by atoms with Crippen LogP contribution in [-0.2, 0) is 34.9 Å². The summed E-state index contributed by atoms with van der Waals surface area (Å²) in [5, 5.41) is 17.2. The van der Waals surface area contributed by atoms with Gasteiger partial charge in [0.15, 0.2) is 5.60 Å². The maximum atomic E-state index is 13.6. The average molecular weight is 553 g/mol. The molecule has 0 spiro atoms. The molecule has 1 saturated heterocycles. The van der Waals surface area contributed by atoms with Crippen LogP contribution in [-0.4, -0.2) is 76.5 Å². The van der Waals surface area contributed by atoms with Crippen molar-refractivity contribution in [3.8, 4) is 0 Å². The van der Waals surface area contributed by atoms with Gasteiger partial charge in [-0.15, -0.1) is 0 Å². The second-order valence-electron chi connectivity index (χ2n) is 9.86. The number of carbonyl (C=O) groups excluding carboxylic acids is 4. The molecule has 40 heavy (non-hydrogen) atoms. The molecule has 1 aliphatic heterocycles. The molecule has 4 N–H and O–H groups in total. The predicted octanol–water partition coefficient (Wildman–Crippen LogP) is 0.299. The van der Waals surface area contributed by atoms with Crippen molar-refractivity contribution in [2.75, 3.05) is 7.05 Å². The van der Waals surface area contributed by atoms with Crippen molar-refractivity contribution in [1.82, 2.24) is 25.9 Å². The van der Waals surface area contributed by atoms with E-state index in [2.05, 4.69) is 25.9 Å². The van der Waals surface area contributed by atoms with Gasteiger partial charge in [0, 0.05) is 25.9 Å². The van der Waals surface area contributed by atoms with E-state index in [0.717, 1.165) is 5.56 Å². The lowest BCUT2D eigenvalue weighted by atomic mass is 9.73. The number of nitrogens with one attached hydrogen (secondary N) is 3. The van der Waals surface area contributed by atoms with Crippen molar-refractivity contribution < 1.29 is 38.4 Å². The highest BCUT2D eigenvalue weighted by Gasteiger charge is 2.57. The molecule has 3 rings (SSSR count). The standard InChI is InChI=1S/C26H32BN5O8/c1-16(2)11-20(27-39-25(38)26(40-27,14-22(34)35)13-21(33)28-3)32-23(36)18(12-17-7-5-4-6-8-17)31-24(37)19-15-29-9-10-30-19/h4-10,15-16,18,20H,11-14H2,1-3H3,(H,28,33)(H,31,37)(H,32,36)(H,34,35)/t18?,20?,26-/m0/s1. The third-order valence-electron chi connectivity index (χ3n) is 6.18. The van der Waals surface area contributed by atoms with E-state index in [-0.39, 0.29) is 24.5 Å². The van der Waals surface area contributed by atoms with Crippen molar-refractivity contribution in [3.05, 3.63) is 60.2 Å². The number of carbonyl (C=O) groups is 5. The Hall–Kier alpha value is -4.33. The Labute approximate surface area is 231 Å². The molecule has 3 amide bonds. The molecule has 13 nitrogen and oxygen atoms in total. The minimum absolute atomic E-state index is 0.0113. The van der Waals surface area contributed by atoms with Gasteiger partial charge in [-0.3, -0.25) is 29.0 Å². The number of aromatic nitrogens is 2. The molecule has 2 heterocycles. The predicted molar refractivity (Wildman–Crippen MR) is 141 cm³/mol. The largest absolute Gasteiger partial charge is 0.552 e. The lowest BCUT2D eigenvalue weighted by Crippen LogP contribution is -2.56. The molecule has 0 saturated carbocycles. The number of hydrogen-bond acceptors (Lipinski definition) is 9. The fourth-order valence-corrected chi connectivity index (χ4v) is 4.29. The molecular formula is C26H32BN5O8. The number of benzene rings is 1. The zero-order valence-corrected chi connectivity index (χ0v) is 22.5. The van der Waals surface area contributed by atoms with Crippen molar-refractivity contribution in [2.45, 2.75) is 57.1 Å². The lowest BCUT2D eigenvalue weighted by Gasteiger charge is -2.26. The highest BCUT2D eigenvalue weighted by molar-refractivity contribution is 6.51. The van der Waals surface area contributed by atoms with E-state index in [0.29, 0.717) is 0 Å². The first-order valence-corrected chi connectivity index (χ1v) is 12.8. The summed E-state index contributed by atoms with van der Waals surface area (Å²) in [7, 11) is -0.0191. The first kappa shape index (κ1) is 30.2. The van der Waals surface area contributed by atoms with Gasteiger partial charge in [-0.25, -0.2) is 4.98 Å². The van der Waals surface area contributed by atoms with Crippen LogP contribution in [0.4, 0.5) is 0 Å². The van der Waals surface area contributed by atoms with Crippen LogP contribution >= 0.6 is 0 Å². The smallest absolute Gasteiger partial charge is 0.506 e. The van der Waals surface area contributed by atoms with E-state index >= 15 is 0 Å². The van der Waals surface area contributed by atoms with E-state index in [1.165, 1.54) is 25.6 Å². The van der Waals surface area contributed by atoms with E-state index in [4.69, 9.17) is 9.31 Å². The molecule has 1 aromatic heterocycles. The maximum Gasteiger partial charge on any atom is 0.552 e. The Morgan fingerprint density at radius 1 is 1.07 bits per heavy atom. The van der Waals surface area contributed by atoms with Crippen molar-refractivity contribution in [1.29, 1.82) is 0 Å². The van der Waals surface area contributed by atoms with Crippen LogP contribution < -0.4 is 16.0 Å². The summed E-state index contributed by atoms with van der Waals surface area (Å²) in [4.78, 5) is 70.8. The second kappa shape index (κ2) is 13.6. The zero-order valence-electron chi connectivity index (χ0n) is 22.5. The number of hydrogen-bond donors (Lipinski definition) is 4. The number of carboxylic acids is 1. The summed E-state index contributed by atoms with van der Waals surface area (Å²) < 4.78 is 11.2. The molecule has 2 unspecified atom stereocenters. The second-order valence-corrected chi connectivity index (χ2v) is 9.86. The molecule has 1 fully saturated rings. The summed E-state index contributed by atoms with van der Waals surface area (Å²) in [6.45, 7) is 3.75. The number of carboxylic acid groups (broad SMARTS) is 1. The number of rotatable bonds is 13.